The Morgan fingerprint density at radius 3 is 2.67 bits per heavy atom. The number of carbonyl (C=O) groups excluding carboxylic acids is 1. The lowest BCUT2D eigenvalue weighted by Crippen LogP contribution is -2.39. The second-order valence-corrected chi connectivity index (χ2v) is 7.34. The van der Waals surface area contributed by atoms with E-state index in [9.17, 15) is 4.79 Å². The number of carbonyl (C=O) groups is 1. The first-order valence-corrected chi connectivity index (χ1v) is 9.04. The van der Waals surface area contributed by atoms with E-state index in [1.54, 1.807) is 0 Å². The van der Waals surface area contributed by atoms with E-state index in [0.29, 0.717) is 11.5 Å². The van der Waals surface area contributed by atoms with Crippen molar-refractivity contribution in [3.8, 4) is 0 Å². The summed E-state index contributed by atoms with van der Waals surface area (Å²) in [6.07, 6.45) is 7.55. The molecule has 0 heterocycles. The van der Waals surface area contributed by atoms with Gasteiger partial charge in [0.05, 0.1) is 5.56 Å². The van der Waals surface area contributed by atoms with Gasteiger partial charge >= 0.3 is 5.97 Å². The summed E-state index contributed by atoms with van der Waals surface area (Å²) in [5, 5.41) is 2.01. The van der Waals surface area contributed by atoms with Crippen molar-refractivity contribution in [3.63, 3.8) is 0 Å². The minimum absolute atomic E-state index is 0.170. The van der Waals surface area contributed by atoms with E-state index in [-0.39, 0.29) is 11.6 Å². The molecule has 2 nitrogen and oxygen atoms in total. The zero-order valence-corrected chi connectivity index (χ0v) is 14.3. The summed E-state index contributed by atoms with van der Waals surface area (Å²) in [5.41, 5.74) is 1.48. The van der Waals surface area contributed by atoms with Crippen LogP contribution in [0, 0.1) is 11.8 Å². The second-order valence-electron chi connectivity index (χ2n) is 7.34. The fraction of sp³-hybridized carbons (Fsp3) is 0.409. The lowest BCUT2D eigenvalue weighted by atomic mass is 9.82. The molecule has 3 atom stereocenters. The molecule has 0 aliphatic heterocycles. The Morgan fingerprint density at radius 1 is 1.25 bits per heavy atom. The fourth-order valence-electron chi connectivity index (χ4n) is 4.94. The molecule has 2 fully saturated rings. The molecule has 2 bridgehead atoms. The zero-order valence-electron chi connectivity index (χ0n) is 14.3. The highest BCUT2D eigenvalue weighted by molar-refractivity contribution is 6.06. The van der Waals surface area contributed by atoms with Crippen LogP contribution in [0.4, 0.5) is 0 Å². The molecule has 2 aromatic rings. The van der Waals surface area contributed by atoms with Crippen LogP contribution in [0.5, 0.6) is 0 Å². The molecule has 0 radical (unpaired) electrons. The van der Waals surface area contributed by atoms with Crippen molar-refractivity contribution in [3.05, 3.63) is 54.1 Å². The number of ether oxygens (including phenoxy) is 1. The van der Waals surface area contributed by atoms with Gasteiger partial charge in [-0.1, -0.05) is 49.9 Å². The van der Waals surface area contributed by atoms with Crippen molar-refractivity contribution in [1.82, 2.24) is 0 Å². The van der Waals surface area contributed by atoms with E-state index in [4.69, 9.17) is 4.74 Å². The van der Waals surface area contributed by atoms with E-state index in [1.807, 2.05) is 42.5 Å². The molecule has 0 aromatic heterocycles. The van der Waals surface area contributed by atoms with Crippen LogP contribution in [-0.2, 0) is 4.74 Å². The Labute approximate surface area is 143 Å². The number of rotatable bonds is 4. The summed E-state index contributed by atoms with van der Waals surface area (Å²) in [7, 11) is 0. The molecule has 0 N–H and O–H groups in total. The second kappa shape index (κ2) is 5.77. The quantitative estimate of drug-likeness (QED) is 0.685. The standard InChI is InChI=1S/C22H24O2/c1-3-16-10-12-20(19-8-6-5-7-18(16)19)21(23)24-22(4-2)14-15-9-11-17(22)13-15/h3,5-8,10,12,15,17H,1,4,9,11,13-14H2,2H3. The smallest absolute Gasteiger partial charge is 0.339 e. The molecule has 24 heavy (non-hydrogen) atoms. The van der Waals surface area contributed by atoms with E-state index >= 15 is 0 Å². The molecule has 2 aromatic carbocycles. The molecule has 0 amide bonds. The van der Waals surface area contributed by atoms with E-state index in [0.717, 1.165) is 35.1 Å². The highest BCUT2D eigenvalue weighted by Crippen LogP contribution is 2.54. The first-order chi connectivity index (χ1) is 11.7. The van der Waals surface area contributed by atoms with Gasteiger partial charge in [0.15, 0.2) is 0 Å². The maximum atomic E-state index is 13.0. The molecule has 3 unspecified atom stereocenters. The molecule has 2 saturated carbocycles. The van der Waals surface area contributed by atoms with Crippen LogP contribution in [0.25, 0.3) is 16.8 Å². The van der Waals surface area contributed by atoms with E-state index < -0.39 is 0 Å². The Bertz CT molecular complexity index is 807. The first-order valence-electron chi connectivity index (χ1n) is 9.04. The molecule has 124 valence electrons. The van der Waals surface area contributed by atoms with Crippen molar-refractivity contribution in [2.45, 2.75) is 44.6 Å². The summed E-state index contributed by atoms with van der Waals surface area (Å²) in [6, 6.07) is 11.9. The minimum Gasteiger partial charge on any atom is -0.455 e. The SMILES string of the molecule is C=Cc1ccc(C(=O)OC2(CC)CC3CCC2C3)c2ccccc12. The van der Waals surface area contributed by atoms with Crippen LogP contribution in [0.3, 0.4) is 0 Å². The maximum Gasteiger partial charge on any atom is 0.339 e. The van der Waals surface area contributed by atoms with Crippen LogP contribution in [0.1, 0.15) is 54.9 Å². The first kappa shape index (κ1) is 15.4. The van der Waals surface area contributed by atoms with E-state index in [1.165, 1.54) is 19.3 Å². The summed E-state index contributed by atoms with van der Waals surface area (Å²) in [6.45, 7) is 6.03. The van der Waals surface area contributed by atoms with Gasteiger partial charge in [0, 0.05) is 0 Å². The molecular weight excluding hydrogens is 296 g/mol. The van der Waals surface area contributed by atoms with Gasteiger partial charge in [-0.05, 0) is 66.3 Å². The molecule has 2 aliphatic carbocycles. The van der Waals surface area contributed by atoms with Crippen molar-refractivity contribution in [1.29, 1.82) is 0 Å². The number of hydrogen-bond donors (Lipinski definition) is 0. The van der Waals surface area contributed by atoms with Crippen molar-refractivity contribution >= 4 is 22.8 Å². The number of fused-ring (bicyclic) bond motifs is 3. The van der Waals surface area contributed by atoms with Crippen molar-refractivity contribution < 1.29 is 9.53 Å². The van der Waals surface area contributed by atoms with Gasteiger partial charge in [0.25, 0.3) is 0 Å². The van der Waals surface area contributed by atoms with Gasteiger partial charge in [0.1, 0.15) is 5.60 Å². The lowest BCUT2D eigenvalue weighted by Gasteiger charge is -2.36. The summed E-state index contributed by atoms with van der Waals surface area (Å²) in [5.74, 6) is 1.13. The van der Waals surface area contributed by atoms with Crippen LogP contribution < -0.4 is 0 Å². The third-order valence-corrected chi connectivity index (χ3v) is 6.21. The third-order valence-electron chi connectivity index (χ3n) is 6.21. The van der Waals surface area contributed by atoms with Gasteiger partial charge in [-0.2, -0.15) is 0 Å². The van der Waals surface area contributed by atoms with Crippen LogP contribution in [0.2, 0.25) is 0 Å². The largest absolute Gasteiger partial charge is 0.455 e. The monoisotopic (exact) mass is 320 g/mol. The average molecular weight is 320 g/mol. The Hall–Kier alpha value is -2.09. The molecule has 0 saturated heterocycles. The molecule has 0 spiro atoms. The Kier molecular flexibility index (Phi) is 3.71. The predicted octanol–water partition coefficient (Wildman–Crippen LogP) is 5.61. The lowest BCUT2D eigenvalue weighted by molar-refractivity contribution is -0.0504. The van der Waals surface area contributed by atoms with Crippen molar-refractivity contribution in [2.75, 3.05) is 0 Å². The topological polar surface area (TPSA) is 26.3 Å². The highest BCUT2D eigenvalue weighted by Gasteiger charge is 2.52. The van der Waals surface area contributed by atoms with Gasteiger partial charge in [-0.3, -0.25) is 0 Å². The highest BCUT2D eigenvalue weighted by atomic mass is 16.6. The Morgan fingerprint density at radius 2 is 2.04 bits per heavy atom. The predicted molar refractivity (Wildman–Crippen MR) is 97.9 cm³/mol. The zero-order chi connectivity index (χ0) is 16.7. The van der Waals surface area contributed by atoms with Crippen LogP contribution >= 0.6 is 0 Å². The summed E-state index contributed by atoms with van der Waals surface area (Å²) < 4.78 is 6.18. The number of hydrogen-bond acceptors (Lipinski definition) is 2. The third kappa shape index (κ3) is 2.28. The normalized spacial score (nSPS) is 28.2. The Balaban J connectivity index is 1.70. The van der Waals surface area contributed by atoms with Gasteiger partial charge in [0.2, 0.25) is 0 Å². The molecule has 4 rings (SSSR count). The fourth-order valence-corrected chi connectivity index (χ4v) is 4.94. The number of benzene rings is 2. The number of esters is 1. The molecular formula is C22H24O2. The van der Waals surface area contributed by atoms with Crippen LogP contribution in [-0.4, -0.2) is 11.6 Å². The van der Waals surface area contributed by atoms with E-state index in [2.05, 4.69) is 13.5 Å². The minimum atomic E-state index is -0.238. The molecule has 2 aliphatic rings. The van der Waals surface area contributed by atoms with Gasteiger partial charge in [-0.25, -0.2) is 4.79 Å². The maximum absolute atomic E-state index is 13.0. The van der Waals surface area contributed by atoms with Gasteiger partial charge in [-0.15, -0.1) is 0 Å². The summed E-state index contributed by atoms with van der Waals surface area (Å²) >= 11 is 0. The molecule has 2 heteroatoms. The summed E-state index contributed by atoms with van der Waals surface area (Å²) in [4.78, 5) is 13.0. The van der Waals surface area contributed by atoms with Crippen molar-refractivity contribution in [2.24, 2.45) is 11.8 Å². The average Bonchev–Trinajstić information content (AvgIpc) is 3.22. The van der Waals surface area contributed by atoms with Crippen LogP contribution in [0.15, 0.2) is 43.0 Å². The van der Waals surface area contributed by atoms with Gasteiger partial charge < -0.3 is 4.74 Å².